The molecule has 1 aromatic heterocycles. The summed E-state index contributed by atoms with van der Waals surface area (Å²) in [4.78, 5) is 25.2. The molecular formula is C17H12ClF5N4O4. The lowest BCUT2D eigenvalue weighted by Gasteiger charge is -2.09. The Morgan fingerprint density at radius 1 is 1.29 bits per heavy atom. The number of nitro benzene ring substituents is 1. The Hall–Kier alpha value is -3.48. The zero-order chi connectivity index (χ0) is 23.3. The molecule has 0 aliphatic rings. The highest BCUT2D eigenvalue weighted by Gasteiger charge is 2.31. The summed E-state index contributed by atoms with van der Waals surface area (Å²) in [6.07, 6.45) is -1.42. The van der Waals surface area contributed by atoms with E-state index in [0.29, 0.717) is 18.3 Å². The van der Waals surface area contributed by atoms with Crippen molar-refractivity contribution in [3.63, 3.8) is 0 Å². The molecular weight excluding hydrogens is 455 g/mol. The Bertz CT molecular complexity index is 1050. The number of ether oxygens (including phenoxy) is 1. The molecule has 0 bridgehead atoms. The highest BCUT2D eigenvalue weighted by atomic mass is 35.5. The maximum Gasteiger partial charge on any atom is 0.417 e. The summed E-state index contributed by atoms with van der Waals surface area (Å²) in [6.45, 7) is -0.403. The number of alkyl halides is 3. The largest absolute Gasteiger partial charge is 0.472 e. The van der Waals surface area contributed by atoms with Crippen molar-refractivity contribution in [2.24, 2.45) is 0 Å². The molecule has 2 rings (SSSR count). The van der Waals surface area contributed by atoms with Crippen LogP contribution in [0.25, 0.3) is 0 Å². The van der Waals surface area contributed by atoms with Crippen LogP contribution < -0.4 is 15.8 Å². The van der Waals surface area contributed by atoms with Crippen LogP contribution in [-0.2, 0) is 6.18 Å². The maximum absolute atomic E-state index is 13.8. The summed E-state index contributed by atoms with van der Waals surface area (Å²) in [6, 6.07) is 1.15. The predicted molar refractivity (Wildman–Crippen MR) is 98.6 cm³/mol. The number of nitrogens with one attached hydrogen (secondary N) is 1. The summed E-state index contributed by atoms with van der Waals surface area (Å²) in [5.74, 6) is -4.76. The fourth-order valence-electron chi connectivity index (χ4n) is 2.15. The van der Waals surface area contributed by atoms with Gasteiger partial charge in [0.15, 0.2) is 11.6 Å². The molecule has 0 atom stereocenters. The number of carbonyl (C=O) groups is 1. The second-order valence-corrected chi connectivity index (χ2v) is 6.15. The van der Waals surface area contributed by atoms with E-state index >= 15 is 0 Å². The van der Waals surface area contributed by atoms with Gasteiger partial charge >= 0.3 is 6.18 Å². The van der Waals surface area contributed by atoms with Crippen LogP contribution in [-0.4, -0.2) is 29.0 Å². The molecule has 0 spiro atoms. The van der Waals surface area contributed by atoms with Gasteiger partial charge in [0.05, 0.1) is 16.1 Å². The molecule has 0 saturated carbocycles. The minimum Gasteiger partial charge on any atom is -0.472 e. The molecule has 3 N–H and O–H groups in total. The SMILES string of the molecule is Nc1c([N+](=O)[O-])cc(C(=O)NC/C=C/COc2ncc(C(F)(F)F)cc2Cl)c(F)c1F. The minimum absolute atomic E-state index is 0.190. The van der Waals surface area contributed by atoms with Gasteiger partial charge in [-0.05, 0) is 12.1 Å². The smallest absolute Gasteiger partial charge is 0.417 e. The normalized spacial score (nSPS) is 11.5. The van der Waals surface area contributed by atoms with Crippen molar-refractivity contribution < 1.29 is 36.4 Å². The fourth-order valence-corrected chi connectivity index (χ4v) is 2.38. The Balaban J connectivity index is 1.93. The van der Waals surface area contributed by atoms with E-state index in [4.69, 9.17) is 22.1 Å². The average Bonchev–Trinajstić information content (AvgIpc) is 2.68. The van der Waals surface area contributed by atoms with E-state index in [9.17, 15) is 36.9 Å². The van der Waals surface area contributed by atoms with Crippen molar-refractivity contribution in [1.82, 2.24) is 10.3 Å². The predicted octanol–water partition coefficient (Wildman–Crippen LogP) is 3.89. The lowest BCUT2D eigenvalue weighted by Crippen LogP contribution is -2.25. The van der Waals surface area contributed by atoms with E-state index in [0.717, 1.165) is 0 Å². The number of aromatic nitrogens is 1. The summed E-state index contributed by atoms with van der Waals surface area (Å²) >= 11 is 5.67. The molecule has 0 fully saturated rings. The maximum atomic E-state index is 13.8. The highest BCUT2D eigenvalue weighted by Crippen LogP contribution is 2.33. The summed E-state index contributed by atoms with van der Waals surface area (Å²) in [7, 11) is 0. The number of nitrogen functional groups attached to an aromatic ring is 1. The molecule has 1 amide bonds. The molecule has 1 aromatic carbocycles. The summed E-state index contributed by atoms with van der Waals surface area (Å²) < 4.78 is 70.2. The highest BCUT2D eigenvalue weighted by molar-refractivity contribution is 6.31. The number of benzene rings is 1. The van der Waals surface area contributed by atoms with E-state index in [-0.39, 0.29) is 24.1 Å². The number of carbonyl (C=O) groups excluding carboxylic acids is 1. The molecule has 0 aliphatic heterocycles. The number of nitro groups is 1. The van der Waals surface area contributed by atoms with Gasteiger partial charge in [-0.25, -0.2) is 13.8 Å². The molecule has 0 aliphatic carbocycles. The van der Waals surface area contributed by atoms with Crippen LogP contribution in [0.2, 0.25) is 5.02 Å². The van der Waals surface area contributed by atoms with Crippen molar-refractivity contribution in [3.8, 4) is 5.88 Å². The zero-order valence-electron chi connectivity index (χ0n) is 15.2. The molecule has 166 valence electrons. The molecule has 14 heteroatoms. The Morgan fingerprint density at radius 2 is 1.97 bits per heavy atom. The number of hydrogen-bond acceptors (Lipinski definition) is 6. The third-order valence-corrected chi connectivity index (χ3v) is 3.93. The van der Waals surface area contributed by atoms with Crippen molar-refractivity contribution in [2.75, 3.05) is 18.9 Å². The third-order valence-electron chi connectivity index (χ3n) is 3.66. The van der Waals surface area contributed by atoms with Gasteiger partial charge in [0, 0.05) is 18.8 Å². The van der Waals surface area contributed by atoms with Gasteiger partial charge in [0.25, 0.3) is 11.6 Å². The van der Waals surface area contributed by atoms with Crippen LogP contribution in [0.5, 0.6) is 5.88 Å². The lowest BCUT2D eigenvalue weighted by molar-refractivity contribution is -0.384. The topological polar surface area (TPSA) is 120 Å². The van der Waals surface area contributed by atoms with Gasteiger partial charge in [-0.3, -0.25) is 14.9 Å². The first kappa shape index (κ1) is 23.8. The number of nitrogens with zero attached hydrogens (tertiary/aromatic N) is 2. The second kappa shape index (κ2) is 9.55. The first-order valence-corrected chi connectivity index (χ1v) is 8.51. The van der Waals surface area contributed by atoms with Crippen molar-refractivity contribution in [1.29, 1.82) is 0 Å². The molecule has 0 unspecified atom stereocenters. The average molecular weight is 467 g/mol. The van der Waals surface area contributed by atoms with Gasteiger partial charge in [0.2, 0.25) is 5.88 Å². The third kappa shape index (κ3) is 5.78. The summed E-state index contributed by atoms with van der Waals surface area (Å²) in [5, 5.41) is 12.6. The van der Waals surface area contributed by atoms with E-state index in [1.165, 1.54) is 12.2 Å². The van der Waals surface area contributed by atoms with Crippen molar-refractivity contribution >= 4 is 28.9 Å². The second-order valence-electron chi connectivity index (χ2n) is 5.74. The fraction of sp³-hybridized carbons (Fsp3) is 0.176. The van der Waals surface area contributed by atoms with Gasteiger partial charge in [-0.1, -0.05) is 17.7 Å². The minimum atomic E-state index is -4.61. The van der Waals surface area contributed by atoms with Crippen LogP contribution >= 0.6 is 11.6 Å². The molecule has 1 heterocycles. The number of rotatable bonds is 7. The van der Waals surface area contributed by atoms with Crippen molar-refractivity contribution in [2.45, 2.75) is 6.18 Å². The molecule has 8 nitrogen and oxygen atoms in total. The lowest BCUT2D eigenvalue weighted by atomic mass is 10.1. The monoisotopic (exact) mass is 466 g/mol. The zero-order valence-corrected chi connectivity index (χ0v) is 15.9. The van der Waals surface area contributed by atoms with Gasteiger partial charge in [-0.2, -0.15) is 13.2 Å². The first-order valence-electron chi connectivity index (χ1n) is 8.14. The number of nitrogens with two attached hydrogens (primary N) is 1. The van der Waals surface area contributed by atoms with Gasteiger partial charge in [-0.15, -0.1) is 0 Å². The number of amides is 1. The van der Waals surface area contributed by atoms with Crippen LogP contribution in [0.15, 0.2) is 30.5 Å². The standard InChI is InChI=1S/C17H12ClF5N4O4/c18-10-5-8(17(21,22)23)7-26-16(10)31-4-2-1-3-25-15(28)9-6-11(27(29)30)14(24)13(20)12(9)19/h1-2,5-7H,3-4,24H2,(H,25,28)/b2-1+. The first-order chi connectivity index (χ1) is 14.4. The van der Waals surface area contributed by atoms with E-state index in [2.05, 4.69) is 10.3 Å². The van der Waals surface area contributed by atoms with Crippen molar-refractivity contribution in [3.05, 3.63) is 68.4 Å². The molecule has 0 radical (unpaired) electrons. The van der Waals surface area contributed by atoms with Gasteiger partial charge in [0.1, 0.15) is 17.3 Å². The van der Waals surface area contributed by atoms with Crippen LogP contribution in [0.4, 0.5) is 33.3 Å². The quantitative estimate of drug-likeness (QED) is 0.210. The summed E-state index contributed by atoms with van der Waals surface area (Å²) in [5.41, 5.74) is 1.15. The molecule has 0 saturated heterocycles. The number of halogens is 6. The van der Waals surface area contributed by atoms with Crippen LogP contribution in [0.3, 0.4) is 0 Å². The van der Waals surface area contributed by atoms with E-state index in [1.54, 1.807) is 0 Å². The molecule has 31 heavy (non-hydrogen) atoms. The Kier molecular flexibility index (Phi) is 7.33. The Morgan fingerprint density at radius 3 is 2.55 bits per heavy atom. The number of anilines is 1. The van der Waals surface area contributed by atoms with Gasteiger partial charge < -0.3 is 15.8 Å². The van der Waals surface area contributed by atoms with Crippen LogP contribution in [0.1, 0.15) is 15.9 Å². The number of pyridine rings is 1. The van der Waals surface area contributed by atoms with E-state index < -0.39 is 51.1 Å². The van der Waals surface area contributed by atoms with E-state index in [1.807, 2.05) is 0 Å². The molecule has 2 aromatic rings. The number of hydrogen-bond donors (Lipinski definition) is 2. The Labute approximate surface area is 175 Å². The van der Waals surface area contributed by atoms with Crippen LogP contribution in [0, 0.1) is 21.7 Å².